The number of nitrogens with one attached hydrogen (secondary N) is 1. The third kappa shape index (κ3) is 4.63. The number of benzene rings is 1. The molecular formula is C16H24Cl2N2. The maximum atomic E-state index is 6.33. The van der Waals surface area contributed by atoms with E-state index in [4.69, 9.17) is 23.2 Å². The quantitative estimate of drug-likeness (QED) is 0.876. The smallest absolute Gasteiger partial charge is 0.0465 e. The van der Waals surface area contributed by atoms with Crippen molar-refractivity contribution in [1.29, 1.82) is 0 Å². The van der Waals surface area contributed by atoms with Gasteiger partial charge in [0.2, 0.25) is 0 Å². The van der Waals surface area contributed by atoms with Crippen LogP contribution in [0.25, 0.3) is 0 Å². The number of hydrogen-bond donors (Lipinski definition) is 1. The molecule has 0 radical (unpaired) electrons. The molecule has 0 aliphatic carbocycles. The van der Waals surface area contributed by atoms with E-state index in [0.717, 1.165) is 31.2 Å². The van der Waals surface area contributed by atoms with Crippen LogP contribution in [-0.4, -0.2) is 30.6 Å². The summed E-state index contributed by atoms with van der Waals surface area (Å²) in [5.41, 5.74) is 1.18. The van der Waals surface area contributed by atoms with Gasteiger partial charge in [-0.05, 0) is 49.5 Å². The molecule has 1 heterocycles. The van der Waals surface area contributed by atoms with Crippen LogP contribution in [0.2, 0.25) is 10.0 Å². The van der Waals surface area contributed by atoms with E-state index in [2.05, 4.69) is 30.1 Å². The molecule has 112 valence electrons. The Balaban J connectivity index is 2.09. The van der Waals surface area contributed by atoms with Crippen molar-refractivity contribution in [3.05, 3.63) is 33.8 Å². The molecule has 2 rings (SSSR count). The SMILES string of the molecule is CC(C)CN(Cc1ccc(Cl)cc1Cl)C1CCNCC1. The molecule has 1 aromatic rings. The van der Waals surface area contributed by atoms with Gasteiger partial charge in [-0.3, -0.25) is 4.90 Å². The van der Waals surface area contributed by atoms with Crippen molar-refractivity contribution in [3.63, 3.8) is 0 Å². The molecule has 1 fully saturated rings. The minimum atomic E-state index is 0.658. The van der Waals surface area contributed by atoms with Crippen LogP contribution in [0.1, 0.15) is 32.3 Å². The summed E-state index contributed by atoms with van der Waals surface area (Å²) in [5.74, 6) is 0.663. The topological polar surface area (TPSA) is 15.3 Å². The Bertz CT molecular complexity index is 428. The highest BCUT2D eigenvalue weighted by Gasteiger charge is 2.22. The van der Waals surface area contributed by atoms with E-state index in [1.165, 1.54) is 18.4 Å². The molecule has 0 saturated carbocycles. The summed E-state index contributed by atoms with van der Waals surface area (Å²) >= 11 is 12.3. The lowest BCUT2D eigenvalue weighted by Crippen LogP contribution is -2.44. The van der Waals surface area contributed by atoms with Crippen molar-refractivity contribution in [2.45, 2.75) is 39.3 Å². The molecule has 0 amide bonds. The number of halogens is 2. The van der Waals surface area contributed by atoms with Gasteiger partial charge >= 0.3 is 0 Å². The fourth-order valence-corrected chi connectivity index (χ4v) is 3.32. The average Bonchev–Trinajstić information content (AvgIpc) is 2.41. The molecular weight excluding hydrogens is 291 g/mol. The van der Waals surface area contributed by atoms with Crippen molar-refractivity contribution in [2.24, 2.45) is 5.92 Å². The fraction of sp³-hybridized carbons (Fsp3) is 0.625. The third-order valence-corrected chi connectivity index (χ3v) is 4.40. The molecule has 1 aliphatic heterocycles. The lowest BCUT2D eigenvalue weighted by molar-refractivity contribution is 0.137. The zero-order valence-corrected chi connectivity index (χ0v) is 13.8. The maximum absolute atomic E-state index is 6.33. The van der Waals surface area contributed by atoms with Gasteiger partial charge < -0.3 is 5.32 Å². The van der Waals surface area contributed by atoms with Crippen LogP contribution in [0.5, 0.6) is 0 Å². The van der Waals surface area contributed by atoms with Gasteiger partial charge in [0.15, 0.2) is 0 Å². The Kier molecular flexibility index (Phi) is 6.16. The Morgan fingerprint density at radius 1 is 1.25 bits per heavy atom. The lowest BCUT2D eigenvalue weighted by Gasteiger charge is -2.36. The average molecular weight is 315 g/mol. The molecule has 0 aromatic heterocycles. The van der Waals surface area contributed by atoms with Crippen molar-refractivity contribution >= 4 is 23.2 Å². The van der Waals surface area contributed by atoms with E-state index in [1.807, 2.05) is 12.1 Å². The minimum Gasteiger partial charge on any atom is -0.317 e. The van der Waals surface area contributed by atoms with Gasteiger partial charge in [0.25, 0.3) is 0 Å². The molecule has 4 heteroatoms. The Hall–Kier alpha value is -0.280. The largest absolute Gasteiger partial charge is 0.317 e. The van der Waals surface area contributed by atoms with Gasteiger partial charge in [-0.1, -0.05) is 43.1 Å². The zero-order chi connectivity index (χ0) is 14.5. The summed E-state index contributed by atoms with van der Waals surface area (Å²) in [5, 5.41) is 4.92. The first-order valence-electron chi connectivity index (χ1n) is 7.45. The summed E-state index contributed by atoms with van der Waals surface area (Å²) in [4.78, 5) is 2.58. The first-order chi connectivity index (χ1) is 9.56. The number of nitrogens with zero attached hydrogens (tertiary/aromatic N) is 1. The summed E-state index contributed by atoms with van der Waals surface area (Å²) < 4.78 is 0. The first kappa shape index (κ1) is 16.1. The molecule has 20 heavy (non-hydrogen) atoms. The van der Waals surface area contributed by atoms with E-state index >= 15 is 0 Å². The van der Waals surface area contributed by atoms with Crippen LogP contribution in [0.15, 0.2) is 18.2 Å². The Morgan fingerprint density at radius 2 is 1.95 bits per heavy atom. The third-order valence-electron chi connectivity index (χ3n) is 3.81. The van der Waals surface area contributed by atoms with Crippen LogP contribution >= 0.6 is 23.2 Å². The van der Waals surface area contributed by atoms with Crippen molar-refractivity contribution in [1.82, 2.24) is 10.2 Å². The van der Waals surface area contributed by atoms with Crippen molar-refractivity contribution in [2.75, 3.05) is 19.6 Å². The zero-order valence-electron chi connectivity index (χ0n) is 12.3. The van der Waals surface area contributed by atoms with Crippen molar-refractivity contribution in [3.8, 4) is 0 Å². The lowest BCUT2D eigenvalue weighted by atomic mass is 10.0. The summed E-state index contributed by atoms with van der Waals surface area (Å²) in [6.07, 6.45) is 2.44. The minimum absolute atomic E-state index is 0.658. The van der Waals surface area contributed by atoms with Crippen LogP contribution in [0.3, 0.4) is 0 Å². The highest BCUT2D eigenvalue weighted by molar-refractivity contribution is 6.35. The van der Waals surface area contributed by atoms with Gasteiger partial charge in [0.1, 0.15) is 0 Å². The summed E-state index contributed by atoms with van der Waals surface area (Å²) in [7, 11) is 0. The van der Waals surface area contributed by atoms with Gasteiger partial charge in [0.05, 0.1) is 0 Å². The highest BCUT2D eigenvalue weighted by Crippen LogP contribution is 2.25. The Morgan fingerprint density at radius 3 is 2.55 bits per heavy atom. The first-order valence-corrected chi connectivity index (χ1v) is 8.20. The fourth-order valence-electron chi connectivity index (χ4n) is 2.85. The van der Waals surface area contributed by atoms with E-state index in [-0.39, 0.29) is 0 Å². The summed E-state index contributed by atoms with van der Waals surface area (Å²) in [6.45, 7) is 8.82. The molecule has 1 saturated heterocycles. The molecule has 1 aromatic carbocycles. The molecule has 1 aliphatic rings. The molecule has 1 N–H and O–H groups in total. The van der Waals surface area contributed by atoms with Gasteiger partial charge in [-0.25, -0.2) is 0 Å². The van der Waals surface area contributed by atoms with E-state index in [1.54, 1.807) is 0 Å². The van der Waals surface area contributed by atoms with Gasteiger partial charge in [0, 0.05) is 29.2 Å². The van der Waals surface area contributed by atoms with Gasteiger partial charge in [-0.2, -0.15) is 0 Å². The maximum Gasteiger partial charge on any atom is 0.0465 e. The predicted molar refractivity (Wildman–Crippen MR) is 87.6 cm³/mol. The van der Waals surface area contributed by atoms with E-state index < -0.39 is 0 Å². The monoisotopic (exact) mass is 314 g/mol. The molecule has 0 atom stereocenters. The standard InChI is InChI=1S/C16H24Cl2N2/c1-12(2)10-20(15-5-7-19-8-6-15)11-13-3-4-14(17)9-16(13)18/h3-4,9,12,15,19H,5-8,10-11H2,1-2H3. The van der Waals surface area contributed by atoms with E-state index in [9.17, 15) is 0 Å². The molecule has 0 unspecified atom stereocenters. The molecule has 0 spiro atoms. The van der Waals surface area contributed by atoms with Crippen molar-refractivity contribution < 1.29 is 0 Å². The molecule has 0 bridgehead atoms. The second-order valence-electron chi connectivity index (χ2n) is 6.04. The highest BCUT2D eigenvalue weighted by atomic mass is 35.5. The number of hydrogen-bond acceptors (Lipinski definition) is 2. The van der Waals surface area contributed by atoms with Crippen LogP contribution < -0.4 is 5.32 Å². The van der Waals surface area contributed by atoms with Crippen LogP contribution in [0, 0.1) is 5.92 Å². The second kappa shape index (κ2) is 7.65. The van der Waals surface area contributed by atoms with Gasteiger partial charge in [-0.15, -0.1) is 0 Å². The van der Waals surface area contributed by atoms with Crippen LogP contribution in [-0.2, 0) is 6.54 Å². The molecule has 2 nitrogen and oxygen atoms in total. The number of rotatable bonds is 5. The normalized spacial score (nSPS) is 17.1. The second-order valence-corrected chi connectivity index (χ2v) is 6.88. The Labute approximate surface area is 132 Å². The van der Waals surface area contributed by atoms with Crippen LogP contribution in [0.4, 0.5) is 0 Å². The summed E-state index contributed by atoms with van der Waals surface area (Å²) in [6, 6.07) is 6.48. The van der Waals surface area contributed by atoms with E-state index in [0.29, 0.717) is 17.0 Å². The number of piperidine rings is 1. The predicted octanol–water partition coefficient (Wildman–Crippen LogP) is 4.20.